The zero-order valence-electron chi connectivity index (χ0n) is 10.00. The third-order valence-electron chi connectivity index (χ3n) is 3.46. The number of hydrogen-bond acceptors (Lipinski definition) is 1. The fraction of sp³-hybridized carbons (Fsp3) is 0.462. The predicted molar refractivity (Wildman–Crippen MR) is 78.5 cm³/mol. The Labute approximate surface area is 125 Å². The molecule has 1 aromatic rings. The molecule has 98 valence electrons. The first kappa shape index (κ1) is 14.2. The van der Waals surface area contributed by atoms with E-state index in [0.717, 1.165) is 17.4 Å². The van der Waals surface area contributed by atoms with Gasteiger partial charge in [-0.2, -0.15) is 0 Å². The van der Waals surface area contributed by atoms with Gasteiger partial charge < -0.3 is 4.90 Å². The maximum absolute atomic E-state index is 12.5. The third-order valence-corrected chi connectivity index (χ3v) is 4.70. The Kier molecular flexibility index (Phi) is 4.57. The van der Waals surface area contributed by atoms with Crippen molar-refractivity contribution >= 4 is 45.0 Å². The van der Waals surface area contributed by atoms with E-state index in [0.29, 0.717) is 22.4 Å². The van der Waals surface area contributed by atoms with Crippen molar-refractivity contribution in [2.75, 3.05) is 12.4 Å². The molecule has 18 heavy (non-hydrogen) atoms. The molecular formula is C13H14BrCl2NO. The van der Waals surface area contributed by atoms with Crippen LogP contribution in [0.3, 0.4) is 0 Å². The minimum atomic E-state index is -0.000579. The number of amides is 1. The number of hydrogen-bond donors (Lipinski definition) is 0. The first-order valence-corrected chi connectivity index (χ1v) is 7.57. The van der Waals surface area contributed by atoms with Gasteiger partial charge in [0.2, 0.25) is 0 Å². The highest BCUT2D eigenvalue weighted by Gasteiger charge is 2.34. The molecular weight excluding hydrogens is 337 g/mol. The molecule has 2 unspecified atom stereocenters. The van der Waals surface area contributed by atoms with Crippen molar-refractivity contribution in [2.45, 2.75) is 19.4 Å². The van der Waals surface area contributed by atoms with Crippen molar-refractivity contribution in [3.63, 3.8) is 0 Å². The van der Waals surface area contributed by atoms with Crippen LogP contribution in [0.2, 0.25) is 5.02 Å². The molecule has 0 aromatic heterocycles. The number of halogens is 3. The Morgan fingerprint density at radius 3 is 2.94 bits per heavy atom. The lowest BCUT2D eigenvalue weighted by atomic mass is 10.0. The van der Waals surface area contributed by atoms with Gasteiger partial charge in [0.25, 0.3) is 5.91 Å². The van der Waals surface area contributed by atoms with E-state index in [1.165, 1.54) is 0 Å². The second-order valence-corrected chi connectivity index (χ2v) is 6.21. The molecule has 1 saturated heterocycles. The van der Waals surface area contributed by atoms with Gasteiger partial charge in [0.1, 0.15) is 0 Å². The van der Waals surface area contributed by atoms with E-state index in [-0.39, 0.29) is 11.9 Å². The van der Waals surface area contributed by atoms with E-state index in [1.54, 1.807) is 18.2 Å². The van der Waals surface area contributed by atoms with Crippen molar-refractivity contribution in [1.82, 2.24) is 4.90 Å². The molecule has 1 fully saturated rings. The molecule has 1 aliphatic rings. The molecule has 1 aliphatic heterocycles. The van der Waals surface area contributed by atoms with Gasteiger partial charge in [-0.1, -0.05) is 18.5 Å². The summed E-state index contributed by atoms with van der Waals surface area (Å²) in [7, 11) is 0. The summed E-state index contributed by atoms with van der Waals surface area (Å²) >= 11 is 15.3. The molecule has 2 atom stereocenters. The monoisotopic (exact) mass is 349 g/mol. The third kappa shape index (κ3) is 2.68. The SMILES string of the molecule is CC1CCN(C(=O)c2cc(Cl)ccc2Br)C1CCl. The van der Waals surface area contributed by atoms with Crippen LogP contribution in [0.4, 0.5) is 0 Å². The fourth-order valence-corrected chi connectivity index (χ4v) is 3.37. The molecule has 5 heteroatoms. The number of alkyl halides is 1. The average molecular weight is 351 g/mol. The van der Waals surface area contributed by atoms with E-state index in [9.17, 15) is 4.79 Å². The normalized spacial score (nSPS) is 23.4. The molecule has 2 nitrogen and oxygen atoms in total. The largest absolute Gasteiger partial charge is 0.334 e. The maximum atomic E-state index is 12.5. The van der Waals surface area contributed by atoms with Gasteiger partial charge in [-0.3, -0.25) is 4.79 Å². The van der Waals surface area contributed by atoms with Gasteiger partial charge in [0, 0.05) is 28.0 Å². The first-order valence-electron chi connectivity index (χ1n) is 5.86. The lowest BCUT2D eigenvalue weighted by Gasteiger charge is -2.25. The van der Waals surface area contributed by atoms with Gasteiger partial charge in [0.15, 0.2) is 0 Å². The number of benzene rings is 1. The molecule has 0 saturated carbocycles. The molecule has 2 rings (SSSR count). The summed E-state index contributed by atoms with van der Waals surface area (Å²) in [6.07, 6.45) is 1.00. The minimum Gasteiger partial charge on any atom is -0.334 e. The van der Waals surface area contributed by atoms with E-state index >= 15 is 0 Å². The molecule has 0 radical (unpaired) electrons. The summed E-state index contributed by atoms with van der Waals surface area (Å²) in [4.78, 5) is 14.4. The molecule has 0 bridgehead atoms. The number of carbonyl (C=O) groups is 1. The van der Waals surface area contributed by atoms with Gasteiger partial charge in [-0.25, -0.2) is 0 Å². The Bertz CT molecular complexity index is 466. The summed E-state index contributed by atoms with van der Waals surface area (Å²) in [5.74, 6) is 0.925. The smallest absolute Gasteiger partial charge is 0.255 e. The highest BCUT2D eigenvalue weighted by atomic mass is 79.9. The van der Waals surface area contributed by atoms with Crippen molar-refractivity contribution in [2.24, 2.45) is 5.92 Å². The van der Waals surface area contributed by atoms with Gasteiger partial charge in [-0.05, 0) is 46.5 Å². The Morgan fingerprint density at radius 1 is 1.56 bits per heavy atom. The Balaban J connectivity index is 2.28. The van der Waals surface area contributed by atoms with E-state index in [1.807, 2.05) is 4.90 Å². The van der Waals surface area contributed by atoms with Crippen LogP contribution in [-0.4, -0.2) is 29.3 Å². The van der Waals surface area contributed by atoms with Crippen molar-refractivity contribution in [3.05, 3.63) is 33.3 Å². The Hall–Kier alpha value is -0.250. The van der Waals surface area contributed by atoms with E-state index in [4.69, 9.17) is 23.2 Å². The predicted octanol–water partition coefficient (Wildman–Crippen LogP) is 4.19. The quantitative estimate of drug-likeness (QED) is 0.732. The number of nitrogens with zero attached hydrogens (tertiary/aromatic N) is 1. The van der Waals surface area contributed by atoms with Gasteiger partial charge in [0.05, 0.1) is 5.56 Å². The molecule has 1 aromatic carbocycles. The highest BCUT2D eigenvalue weighted by Crippen LogP contribution is 2.29. The summed E-state index contributed by atoms with van der Waals surface area (Å²) in [6.45, 7) is 2.89. The molecule has 1 amide bonds. The van der Waals surface area contributed by atoms with E-state index in [2.05, 4.69) is 22.9 Å². The molecule has 0 spiro atoms. The van der Waals surface area contributed by atoms with Crippen LogP contribution < -0.4 is 0 Å². The topological polar surface area (TPSA) is 20.3 Å². The summed E-state index contributed by atoms with van der Waals surface area (Å²) in [6, 6.07) is 5.37. The molecule has 1 heterocycles. The Morgan fingerprint density at radius 2 is 2.28 bits per heavy atom. The van der Waals surface area contributed by atoms with Crippen LogP contribution in [0.5, 0.6) is 0 Å². The summed E-state index contributed by atoms with van der Waals surface area (Å²) in [5.41, 5.74) is 0.603. The molecule has 0 N–H and O–H groups in total. The van der Waals surface area contributed by atoms with E-state index < -0.39 is 0 Å². The van der Waals surface area contributed by atoms with Gasteiger partial charge >= 0.3 is 0 Å². The second-order valence-electron chi connectivity index (χ2n) is 4.61. The van der Waals surface area contributed by atoms with Gasteiger partial charge in [-0.15, -0.1) is 11.6 Å². The standard InChI is InChI=1S/C13H14BrCl2NO/c1-8-4-5-17(12(8)7-15)13(18)10-6-9(16)2-3-11(10)14/h2-3,6,8,12H,4-5,7H2,1H3. The zero-order valence-corrected chi connectivity index (χ0v) is 13.1. The number of carbonyl (C=O) groups excluding carboxylic acids is 1. The maximum Gasteiger partial charge on any atom is 0.255 e. The lowest BCUT2D eigenvalue weighted by Crippen LogP contribution is -2.38. The van der Waals surface area contributed by atoms with Crippen molar-refractivity contribution < 1.29 is 4.79 Å². The van der Waals surface area contributed by atoms with Crippen LogP contribution in [0.25, 0.3) is 0 Å². The highest BCUT2D eigenvalue weighted by molar-refractivity contribution is 9.10. The van der Waals surface area contributed by atoms with Crippen LogP contribution in [0.1, 0.15) is 23.7 Å². The van der Waals surface area contributed by atoms with Crippen LogP contribution >= 0.6 is 39.1 Å². The lowest BCUT2D eigenvalue weighted by molar-refractivity contribution is 0.0736. The fourth-order valence-electron chi connectivity index (χ4n) is 2.31. The van der Waals surface area contributed by atoms with Crippen molar-refractivity contribution in [3.8, 4) is 0 Å². The van der Waals surface area contributed by atoms with Crippen LogP contribution in [0, 0.1) is 5.92 Å². The zero-order chi connectivity index (χ0) is 13.3. The number of rotatable bonds is 2. The van der Waals surface area contributed by atoms with Crippen LogP contribution in [0.15, 0.2) is 22.7 Å². The average Bonchev–Trinajstić information content (AvgIpc) is 2.72. The summed E-state index contributed by atoms with van der Waals surface area (Å²) in [5, 5.41) is 0.566. The number of likely N-dealkylation sites (tertiary alicyclic amines) is 1. The van der Waals surface area contributed by atoms with Crippen molar-refractivity contribution in [1.29, 1.82) is 0 Å². The molecule has 0 aliphatic carbocycles. The van der Waals surface area contributed by atoms with Crippen LogP contribution in [-0.2, 0) is 0 Å². The second kappa shape index (κ2) is 5.81. The minimum absolute atomic E-state index is 0.000579. The first-order chi connectivity index (χ1) is 8.54. The summed E-state index contributed by atoms with van der Waals surface area (Å²) < 4.78 is 0.768.